The van der Waals surface area contributed by atoms with Gasteiger partial charge in [-0.1, -0.05) is 6.07 Å². The topological polar surface area (TPSA) is 46.0 Å². The molecule has 0 amide bonds. The van der Waals surface area contributed by atoms with Gasteiger partial charge in [-0.3, -0.25) is 10.4 Å². The van der Waals surface area contributed by atoms with Crippen molar-refractivity contribution in [2.45, 2.75) is 6.61 Å². The van der Waals surface area contributed by atoms with Crippen molar-refractivity contribution in [3.8, 4) is 0 Å². The molecule has 3 heteroatoms. The quantitative estimate of drug-likeness (QED) is 0.496. The number of ether oxygens (including phenoxy) is 1. The van der Waals surface area contributed by atoms with Gasteiger partial charge in [0.2, 0.25) is 0 Å². The molecule has 3 nitrogen and oxygen atoms in total. The van der Waals surface area contributed by atoms with Gasteiger partial charge in [-0.15, -0.1) is 0 Å². The highest BCUT2D eigenvalue weighted by atomic mass is 16.5. The van der Waals surface area contributed by atoms with E-state index in [1.807, 2.05) is 6.07 Å². The summed E-state index contributed by atoms with van der Waals surface area (Å²) >= 11 is 0. The van der Waals surface area contributed by atoms with Crippen molar-refractivity contribution in [2.75, 3.05) is 0 Å². The van der Waals surface area contributed by atoms with Crippen LogP contribution in [0.3, 0.4) is 0 Å². The summed E-state index contributed by atoms with van der Waals surface area (Å²) in [6.07, 6.45) is 5.28. The normalized spacial score (nSPS) is 8.80. The largest absolute Gasteiger partial charge is 0.479 e. The molecule has 0 aromatic carbocycles. The fourth-order valence-corrected chi connectivity index (χ4v) is 0.572. The van der Waals surface area contributed by atoms with Crippen LogP contribution in [0.5, 0.6) is 0 Å². The maximum atomic E-state index is 6.57. The van der Waals surface area contributed by atoms with E-state index in [4.69, 9.17) is 5.41 Å². The standard InChI is InChI=1S/C7H7N2O/c8-6-10-5-7-2-1-3-9-4-7/h1-3,6,8H,5H2. The van der Waals surface area contributed by atoms with Crippen LogP contribution in [-0.2, 0) is 11.3 Å². The average Bonchev–Trinajstić information content (AvgIpc) is 2.03. The lowest BCUT2D eigenvalue weighted by molar-refractivity contribution is 0.305. The molecule has 10 heavy (non-hydrogen) atoms. The fraction of sp³-hybridized carbons (Fsp3) is 0.143. The van der Waals surface area contributed by atoms with Crippen LogP contribution in [0.2, 0.25) is 0 Å². The molecule has 0 fully saturated rings. The minimum absolute atomic E-state index is 0.372. The van der Waals surface area contributed by atoms with Gasteiger partial charge in [0, 0.05) is 11.8 Å². The Hall–Kier alpha value is -1.38. The van der Waals surface area contributed by atoms with Gasteiger partial charge in [-0.05, 0) is 6.07 Å². The molecule has 1 N–H and O–H groups in total. The van der Waals surface area contributed by atoms with E-state index in [-0.39, 0.29) is 0 Å². The number of rotatable bonds is 3. The fourth-order valence-electron chi connectivity index (χ4n) is 0.572. The Kier molecular flexibility index (Phi) is 2.43. The zero-order valence-electron chi connectivity index (χ0n) is 5.37. The van der Waals surface area contributed by atoms with Crippen molar-refractivity contribution >= 4 is 6.40 Å². The predicted molar refractivity (Wildman–Crippen MR) is 36.6 cm³/mol. The predicted octanol–water partition coefficient (Wildman–Crippen LogP) is 1.01. The van der Waals surface area contributed by atoms with Crippen molar-refractivity contribution in [1.82, 2.24) is 4.98 Å². The minimum atomic E-state index is 0.372. The SMILES string of the molecule is N=COCc1[c]nccc1. The second-order valence-electron chi connectivity index (χ2n) is 1.70. The number of nitrogens with one attached hydrogen (secondary N) is 1. The monoisotopic (exact) mass is 135 g/mol. The molecule has 0 aliphatic carbocycles. The van der Waals surface area contributed by atoms with Crippen LogP contribution >= 0.6 is 0 Å². The van der Waals surface area contributed by atoms with Crippen LogP contribution in [0.25, 0.3) is 0 Å². The zero-order valence-corrected chi connectivity index (χ0v) is 5.37. The second-order valence-corrected chi connectivity index (χ2v) is 1.70. The first-order valence-corrected chi connectivity index (χ1v) is 2.85. The molecule has 1 radical (unpaired) electrons. The van der Waals surface area contributed by atoms with Crippen molar-refractivity contribution in [1.29, 1.82) is 5.41 Å². The Morgan fingerprint density at radius 3 is 3.30 bits per heavy atom. The molecule has 1 aromatic rings. The number of hydrogen-bond donors (Lipinski definition) is 1. The number of hydrogen-bond acceptors (Lipinski definition) is 3. The van der Waals surface area contributed by atoms with Gasteiger partial charge in [0.1, 0.15) is 6.61 Å². The average molecular weight is 135 g/mol. The van der Waals surface area contributed by atoms with E-state index in [2.05, 4.69) is 15.9 Å². The van der Waals surface area contributed by atoms with Crippen LogP contribution in [0.4, 0.5) is 0 Å². The molecule has 0 bridgehead atoms. The Bertz CT molecular complexity index is 198. The molecule has 0 spiro atoms. The Morgan fingerprint density at radius 1 is 1.80 bits per heavy atom. The van der Waals surface area contributed by atoms with E-state index < -0.39 is 0 Å². The van der Waals surface area contributed by atoms with Gasteiger partial charge in [0.05, 0.1) is 6.20 Å². The summed E-state index contributed by atoms with van der Waals surface area (Å²) in [7, 11) is 0. The Balaban J connectivity index is 2.50. The van der Waals surface area contributed by atoms with Crippen LogP contribution in [-0.4, -0.2) is 11.4 Å². The third kappa shape index (κ3) is 1.85. The maximum absolute atomic E-state index is 6.57. The van der Waals surface area contributed by atoms with Gasteiger partial charge in [0.25, 0.3) is 0 Å². The van der Waals surface area contributed by atoms with E-state index in [0.29, 0.717) is 6.61 Å². The Labute approximate surface area is 59.2 Å². The van der Waals surface area contributed by atoms with Gasteiger partial charge in [-0.2, -0.15) is 0 Å². The van der Waals surface area contributed by atoms with E-state index in [0.717, 1.165) is 12.0 Å². The lowest BCUT2D eigenvalue weighted by atomic mass is 10.3. The van der Waals surface area contributed by atoms with Crippen molar-refractivity contribution in [3.05, 3.63) is 30.1 Å². The molecule has 1 heterocycles. The van der Waals surface area contributed by atoms with E-state index in [1.165, 1.54) is 0 Å². The minimum Gasteiger partial charge on any atom is -0.479 e. The van der Waals surface area contributed by atoms with Crippen LogP contribution in [0.15, 0.2) is 18.3 Å². The molecular weight excluding hydrogens is 128 g/mol. The summed E-state index contributed by atoms with van der Waals surface area (Å²) in [4.78, 5) is 3.76. The van der Waals surface area contributed by atoms with Gasteiger partial charge >= 0.3 is 0 Å². The maximum Gasteiger partial charge on any atom is 0.167 e. The van der Waals surface area contributed by atoms with Gasteiger partial charge < -0.3 is 4.74 Å². The summed E-state index contributed by atoms with van der Waals surface area (Å²) in [5.41, 5.74) is 0.853. The second kappa shape index (κ2) is 3.61. The lowest BCUT2D eigenvalue weighted by Crippen LogP contribution is -1.89. The number of aromatic nitrogens is 1. The van der Waals surface area contributed by atoms with Crippen molar-refractivity contribution < 1.29 is 4.74 Å². The first-order valence-electron chi connectivity index (χ1n) is 2.85. The summed E-state index contributed by atoms with van der Waals surface area (Å²) < 4.78 is 4.69. The molecule has 0 aliphatic heterocycles. The molecule has 0 atom stereocenters. The molecule has 0 aliphatic rings. The molecule has 1 aromatic heterocycles. The van der Waals surface area contributed by atoms with Crippen LogP contribution < -0.4 is 0 Å². The van der Waals surface area contributed by atoms with E-state index in [9.17, 15) is 0 Å². The molecule has 1 rings (SSSR count). The van der Waals surface area contributed by atoms with Crippen LogP contribution in [0.1, 0.15) is 5.56 Å². The third-order valence-electron chi connectivity index (χ3n) is 0.988. The highest BCUT2D eigenvalue weighted by Gasteiger charge is 1.88. The smallest absolute Gasteiger partial charge is 0.167 e. The lowest BCUT2D eigenvalue weighted by Gasteiger charge is -1.95. The number of pyridine rings is 1. The highest BCUT2D eigenvalue weighted by Crippen LogP contribution is 1.94. The first kappa shape index (κ1) is 6.74. The van der Waals surface area contributed by atoms with Gasteiger partial charge in [-0.25, -0.2) is 0 Å². The highest BCUT2D eigenvalue weighted by molar-refractivity contribution is 5.41. The van der Waals surface area contributed by atoms with E-state index in [1.54, 1.807) is 12.3 Å². The van der Waals surface area contributed by atoms with Crippen LogP contribution in [0, 0.1) is 11.6 Å². The van der Waals surface area contributed by atoms with E-state index >= 15 is 0 Å². The van der Waals surface area contributed by atoms with Crippen molar-refractivity contribution in [3.63, 3.8) is 0 Å². The summed E-state index contributed by atoms with van der Waals surface area (Å²) in [5, 5.41) is 6.57. The molecular formula is C7H7N2O. The zero-order chi connectivity index (χ0) is 7.23. The molecule has 0 saturated heterocycles. The molecule has 0 unspecified atom stereocenters. The summed E-state index contributed by atoms with van der Waals surface area (Å²) in [6.45, 7) is 0.372. The number of nitrogens with zero attached hydrogens (tertiary/aromatic N) is 1. The van der Waals surface area contributed by atoms with Crippen molar-refractivity contribution in [2.24, 2.45) is 0 Å². The third-order valence-corrected chi connectivity index (χ3v) is 0.988. The first-order chi connectivity index (χ1) is 4.93. The molecule has 51 valence electrons. The van der Waals surface area contributed by atoms with Gasteiger partial charge in [0.15, 0.2) is 6.40 Å². The summed E-state index contributed by atoms with van der Waals surface area (Å²) in [6, 6.07) is 3.65. The summed E-state index contributed by atoms with van der Waals surface area (Å²) in [5.74, 6) is 0. The Morgan fingerprint density at radius 2 is 2.70 bits per heavy atom. The molecule has 0 saturated carbocycles.